The van der Waals surface area contributed by atoms with E-state index in [1.165, 1.54) is 0 Å². The minimum Gasteiger partial charge on any atom is -0.351 e. The average Bonchev–Trinajstić information content (AvgIpc) is 3.12. The third-order valence-electron chi connectivity index (χ3n) is 9.12. The summed E-state index contributed by atoms with van der Waals surface area (Å²) in [6.07, 6.45) is 2.04. The van der Waals surface area contributed by atoms with Gasteiger partial charge in [-0.2, -0.15) is 0 Å². The van der Waals surface area contributed by atoms with Crippen LogP contribution in [0, 0.1) is 13.8 Å². The van der Waals surface area contributed by atoms with Crippen LogP contribution >= 0.6 is 0 Å². The number of amides is 2. The number of benzene rings is 4. The first-order valence-corrected chi connectivity index (χ1v) is 17.7. The Morgan fingerprint density at radius 3 is 1.28 bits per heavy atom. The molecule has 50 heavy (non-hydrogen) atoms. The van der Waals surface area contributed by atoms with Crippen molar-refractivity contribution in [1.29, 1.82) is 0 Å². The molecule has 258 valence electrons. The quantitative estimate of drug-likeness (QED) is 0.126. The first-order valence-electron chi connectivity index (χ1n) is 17.7. The lowest BCUT2D eigenvalue weighted by atomic mass is 10.1. The highest BCUT2D eigenvalue weighted by atomic mass is 16.2. The van der Waals surface area contributed by atoms with Crippen LogP contribution < -0.4 is 10.6 Å². The summed E-state index contributed by atoms with van der Waals surface area (Å²) in [6.45, 7) is 14.5. The summed E-state index contributed by atoms with van der Waals surface area (Å²) in [5, 5.41) is 6.25. The number of aryl methyl sites for hydroxylation is 2. The van der Waals surface area contributed by atoms with Gasteiger partial charge >= 0.3 is 0 Å². The van der Waals surface area contributed by atoms with E-state index in [-0.39, 0.29) is 11.8 Å². The van der Waals surface area contributed by atoms with Crippen molar-refractivity contribution in [3.63, 3.8) is 0 Å². The van der Waals surface area contributed by atoms with Gasteiger partial charge in [-0.15, -0.1) is 0 Å². The van der Waals surface area contributed by atoms with Crippen LogP contribution in [0.1, 0.15) is 58.5 Å². The fourth-order valence-electron chi connectivity index (χ4n) is 6.52. The van der Waals surface area contributed by atoms with Gasteiger partial charge in [0.05, 0.1) is 44.2 Å². The molecule has 0 atom stereocenters. The van der Waals surface area contributed by atoms with Gasteiger partial charge in [0.15, 0.2) is 0 Å². The molecule has 0 spiro atoms. The number of aromatic nitrogens is 4. The molecule has 0 saturated carbocycles. The molecule has 2 aromatic heterocycles. The Bertz CT molecular complexity index is 2000. The van der Waals surface area contributed by atoms with E-state index >= 15 is 0 Å². The number of para-hydroxylation sites is 4. The van der Waals surface area contributed by atoms with E-state index in [1.807, 2.05) is 86.6 Å². The summed E-state index contributed by atoms with van der Waals surface area (Å²) in [5.41, 5.74) is 9.10. The van der Waals surface area contributed by atoms with Gasteiger partial charge in [-0.25, -0.2) is 19.9 Å². The van der Waals surface area contributed by atoms with E-state index < -0.39 is 0 Å². The molecular formula is C40H46N8O2. The number of nitrogens with zero attached hydrogens (tertiary/aromatic N) is 6. The smallest absolute Gasteiger partial charge is 0.253 e. The summed E-state index contributed by atoms with van der Waals surface area (Å²) < 4.78 is 0. The molecule has 0 bridgehead atoms. The monoisotopic (exact) mass is 670 g/mol. The zero-order valence-corrected chi connectivity index (χ0v) is 29.5. The minimum absolute atomic E-state index is 0.141. The van der Waals surface area contributed by atoms with Gasteiger partial charge in [-0.3, -0.25) is 9.59 Å². The average molecular weight is 671 g/mol. The van der Waals surface area contributed by atoms with Crippen molar-refractivity contribution in [3.8, 4) is 0 Å². The van der Waals surface area contributed by atoms with Crippen LogP contribution in [0.15, 0.2) is 72.8 Å². The maximum atomic E-state index is 13.3. The van der Waals surface area contributed by atoms with Crippen molar-refractivity contribution < 1.29 is 9.59 Å². The molecule has 0 aliphatic rings. The lowest BCUT2D eigenvalue weighted by molar-refractivity contribution is 0.0936. The predicted octanol–water partition coefficient (Wildman–Crippen LogP) is 6.08. The molecule has 0 aliphatic heterocycles. The number of fused-ring (bicyclic) bond motifs is 4. The molecule has 2 heterocycles. The maximum Gasteiger partial charge on any atom is 0.253 e. The Morgan fingerprint density at radius 1 is 0.500 bits per heavy atom. The van der Waals surface area contributed by atoms with Crippen LogP contribution in [0.5, 0.6) is 0 Å². The first kappa shape index (κ1) is 34.8. The number of carbonyl (C=O) groups is 2. The summed E-state index contributed by atoms with van der Waals surface area (Å²) in [5.74, 6) is -0.281. The molecule has 6 aromatic rings. The second-order valence-corrected chi connectivity index (χ2v) is 12.9. The highest BCUT2D eigenvalue weighted by Gasteiger charge is 2.16. The SMILES string of the molecule is CCCN(CCNC(=O)c1cccc2nc3cccc(C)c3nc12)CCN(CCC)CCNC(=O)c1cccc2nc3cccc(C)c3nc12. The molecule has 10 nitrogen and oxygen atoms in total. The van der Waals surface area contributed by atoms with E-state index in [0.717, 1.165) is 85.3 Å². The maximum absolute atomic E-state index is 13.3. The summed E-state index contributed by atoms with van der Waals surface area (Å²) in [6, 6.07) is 23.0. The van der Waals surface area contributed by atoms with E-state index in [9.17, 15) is 9.59 Å². The van der Waals surface area contributed by atoms with Crippen molar-refractivity contribution >= 4 is 55.9 Å². The third-order valence-corrected chi connectivity index (χ3v) is 9.12. The standard InChI is InChI=1S/C40H46N8O2/c1-5-21-47(23-19-41-39(49)29-13-9-17-33-37(29)45-35-27(3)11-7-15-31(35)43-33)25-26-48(22-6-2)24-20-42-40(50)30-14-10-18-34-38(30)46-36-28(4)12-8-16-32(36)44-34/h7-18H,5-6,19-26H2,1-4H3,(H,41,49)(H,42,50). The number of hydrogen-bond acceptors (Lipinski definition) is 8. The molecule has 6 rings (SSSR count). The number of hydrogen-bond donors (Lipinski definition) is 2. The first-order chi connectivity index (χ1) is 24.4. The Kier molecular flexibility index (Phi) is 11.2. The zero-order valence-electron chi connectivity index (χ0n) is 29.5. The molecule has 0 aliphatic carbocycles. The second kappa shape index (κ2) is 16.1. The highest BCUT2D eigenvalue weighted by molar-refractivity contribution is 6.07. The Hall–Kier alpha value is -5.06. The van der Waals surface area contributed by atoms with Gasteiger partial charge < -0.3 is 20.4 Å². The fraction of sp³-hybridized carbons (Fsp3) is 0.350. The summed E-state index contributed by atoms with van der Waals surface area (Å²) >= 11 is 0. The minimum atomic E-state index is -0.141. The molecule has 2 N–H and O–H groups in total. The van der Waals surface area contributed by atoms with Crippen LogP contribution in [-0.2, 0) is 0 Å². The lowest BCUT2D eigenvalue weighted by Crippen LogP contribution is -2.42. The molecular weight excluding hydrogens is 624 g/mol. The van der Waals surface area contributed by atoms with Crippen molar-refractivity contribution in [3.05, 3.63) is 95.1 Å². The van der Waals surface area contributed by atoms with Gasteiger partial charge in [0, 0.05) is 39.3 Å². The number of rotatable bonds is 15. The largest absolute Gasteiger partial charge is 0.351 e. The molecule has 10 heteroatoms. The van der Waals surface area contributed by atoms with Gasteiger partial charge in [-0.1, -0.05) is 50.2 Å². The lowest BCUT2D eigenvalue weighted by Gasteiger charge is -2.27. The number of carbonyl (C=O) groups excluding carboxylic acids is 2. The normalized spacial score (nSPS) is 11.7. The summed E-state index contributed by atoms with van der Waals surface area (Å²) in [4.78, 5) is 50.7. The molecule has 0 fully saturated rings. The molecule has 0 unspecified atom stereocenters. The number of nitrogens with one attached hydrogen (secondary N) is 2. The van der Waals surface area contributed by atoms with E-state index in [0.29, 0.717) is 46.3 Å². The van der Waals surface area contributed by atoms with Crippen LogP contribution in [0.3, 0.4) is 0 Å². The Morgan fingerprint density at radius 2 is 0.880 bits per heavy atom. The van der Waals surface area contributed by atoms with Crippen molar-refractivity contribution in [2.45, 2.75) is 40.5 Å². The zero-order chi connectivity index (χ0) is 35.0. The Balaban J connectivity index is 1.03. The summed E-state index contributed by atoms with van der Waals surface area (Å²) in [7, 11) is 0. The Labute approximate surface area is 293 Å². The van der Waals surface area contributed by atoms with Crippen LogP contribution in [0.4, 0.5) is 0 Å². The predicted molar refractivity (Wildman–Crippen MR) is 202 cm³/mol. The van der Waals surface area contributed by atoms with Crippen LogP contribution in [0.25, 0.3) is 44.1 Å². The van der Waals surface area contributed by atoms with Gasteiger partial charge in [0.25, 0.3) is 11.8 Å². The van der Waals surface area contributed by atoms with Crippen molar-refractivity contribution in [2.24, 2.45) is 0 Å². The van der Waals surface area contributed by atoms with Crippen molar-refractivity contribution in [1.82, 2.24) is 40.4 Å². The fourth-order valence-corrected chi connectivity index (χ4v) is 6.52. The molecule has 2 amide bonds. The van der Waals surface area contributed by atoms with Crippen molar-refractivity contribution in [2.75, 3.05) is 52.4 Å². The molecule has 0 saturated heterocycles. The van der Waals surface area contributed by atoms with E-state index in [4.69, 9.17) is 19.9 Å². The van der Waals surface area contributed by atoms with E-state index in [2.05, 4.69) is 34.3 Å². The van der Waals surface area contributed by atoms with Gasteiger partial charge in [-0.05, 0) is 87.3 Å². The topological polar surface area (TPSA) is 116 Å². The van der Waals surface area contributed by atoms with Crippen LogP contribution in [-0.4, -0.2) is 93.9 Å². The molecule has 4 aromatic carbocycles. The molecule has 0 radical (unpaired) electrons. The highest BCUT2D eigenvalue weighted by Crippen LogP contribution is 2.23. The van der Waals surface area contributed by atoms with Gasteiger partial charge in [0.1, 0.15) is 11.0 Å². The van der Waals surface area contributed by atoms with E-state index in [1.54, 1.807) is 0 Å². The van der Waals surface area contributed by atoms with Crippen LogP contribution in [0.2, 0.25) is 0 Å². The third kappa shape index (κ3) is 7.87. The second-order valence-electron chi connectivity index (χ2n) is 12.9. The van der Waals surface area contributed by atoms with Gasteiger partial charge in [0.2, 0.25) is 0 Å².